The van der Waals surface area contributed by atoms with Gasteiger partial charge in [-0.25, -0.2) is 0 Å². The highest BCUT2D eigenvalue weighted by Gasteiger charge is 2.21. The molecule has 0 spiro atoms. The van der Waals surface area contributed by atoms with Crippen molar-refractivity contribution in [2.24, 2.45) is 0 Å². The van der Waals surface area contributed by atoms with Crippen molar-refractivity contribution in [1.29, 1.82) is 0 Å². The third kappa shape index (κ3) is 5.20. The maximum atomic E-state index is 6.37. The van der Waals surface area contributed by atoms with Crippen molar-refractivity contribution in [2.75, 3.05) is 4.90 Å². The molecule has 258 valence electrons. The van der Waals surface area contributed by atoms with E-state index in [-0.39, 0.29) is 0 Å². The number of furan rings is 2. The summed E-state index contributed by atoms with van der Waals surface area (Å²) in [6.45, 7) is 0. The first kappa shape index (κ1) is 31.2. The second kappa shape index (κ2) is 12.6. The van der Waals surface area contributed by atoms with Crippen LogP contribution in [0.15, 0.2) is 209 Å². The fourth-order valence-corrected chi connectivity index (χ4v) is 8.32. The number of anilines is 3. The van der Waals surface area contributed by atoms with Gasteiger partial charge in [-0.1, -0.05) is 140 Å². The Labute approximate surface area is 317 Å². The fraction of sp³-hybridized carbons (Fsp3) is 0. The molecule has 11 aromatic rings. The van der Waals surface area contributed by atoms with E-state index in [0.717, 1.165) is 88.8 Å². The molecule has 0 aliphatic heterocycles. The molecule has 3 heteroatoms. The molecule has 0 saturated carbocycles. The van der Waals surface area contributed by atoms with E-state index in [2.05, 4.69) is 181 Å². The van der Waals surface area contributed by atoms with Crippen LogP contribution in [-0.4, -0.2) is 0 Å². The van der Waals surface area contributed by atoms with Gasteiger partial charge in [-0.2, -0.15) is 0 Å². The van der Waals surface area contributed by atoms with Gasteiger partial charge in [0.05, 0.1) is 5.69 Å². The largest absolute Gasteiger partial charge is 0.456 e. The molecule has 0 fully saturated rings. The molecule has 0 unspecified atom stereocenters. The molecule has 0 atom stereocenters. The van der Waals surface area contributed by atoms with Crippen molar-refractivity contribution in [3.05, 3.63) is 200 Å². The van der Waals surface area contributed by atoms with E-state index in [4.69, 9.17) is 8.83 Å². The molecule has 9 aromatic carbocycles. The number of nitrogens with zero attached hydrogens (tertiary/aromatic N) is 1. The van der Waals surface area contributed by atoms with Crippen molar-refractivity contribution in [1.82, 2.24) is 0 Å². The Hall–Kier alpha value is -7.36. The van der Waals surface area contributed by atoms with Crippen LogP contribution in [0.3, 0.4) is 0 Å². The minimum atomic E-state index is 0.879. The lowest BCUT2D eigenvalue weighted by Gasteiger charge is -2.28. The summed E-state index contributed by atoms with van der Waals surface area (Å²) < 4.78 is 12.5. The molecule has 0 aliphatic rings. The van der Waals surface area contributed by atoms with Crippen molar-refractivity contribution < 1.29 is 8.83 Å². The maximum Gasteiger partial charge on any atom is 0.136 e. The average molecular weight is 704 g/mol. The van der Waals surface area contributed by atoms with E-state index < -0.39 is 0 Å². The molecular weight excluding hydrogens is 671 g/mol. The lowest BCUT2D eigenvalue weighted by molar-refractivity contribution is 0.668. The predicted molar refractivity (Wildman–Crippen MR) is 229 cm³/mol. The average Bonchev–Trinajstić information content (AvgIpc) is 3.82. The number of rotatable bonds is 6. The highest BCUT2D eigenvalue weighted by atomic mass is 16.3. The maximum absolute atomic E-state index is 6.37. The van der Waals surface area contributed by atoms with Gasteiger partial charge >= 0.3 is 0 Å². The standard InChI is InChI=1S/C52H33NO2/c1-2-16-40-35(12-1)13-10-20-41(40)37-14-9-15-39(32-37)53(38-29-26-34(27-30-38)36-28-31-50-46(33-36)43-18-4-7-23-48(43)54-50)47-22-6-3-17-42(47)44-21-11-25-51-52(44)45-19-5-8-24-49(45)55-51/h1-33H. The van der Waals surface area contributed by atoms with Crippen molar-refractivity contribution in [3.8, 4) is 33.4 Å². The molecule has 2 aromatic heterocycles. The van der Waals surface area contributed by atoms with Crippen LogP contribution in [-0.2, 0) is 0 Å². The van der Waals surface area contributed by atoms with E-state index in [1.807, 2.05) is 24.3 Å². The molecule has 3 nitrogen and oxygen atoms in total. The van der Waals surface area contributed by atoms with Crippen LogP contribution in [0.25, 0.3) is 88.0 Å². The molecule has 0 bridgehead atoms. The highest BCUT2D eigenvalue weighted by molar-refractivity contribution is 6.14. The summed E-state index contributed by atoms with van der Waals surface area (Å²) in [4.78, 5) is 2.39. The second-order valence-electron chi connectivity index (χ2n) is 14.1. The quantitative estimate of drug-likeness (QED) is 0.173. The molecule has 0 N–H and O–H groups in total. The zero-order valence-electron chi connectivity index (χ0n) is 29.8. The van der Waals surface area contributed by atoms with Crippen LogP contribution in [0.1, 0.15) is 0 Å². The van der Waals surface area contributed by atoms with Crippen LogP contribution in [0, 0.1) is 0 Å². The van der Waals surface area contributed by atoms with E-state index in [1.165, 1.54) is 16.3 Å². The van der Waals surface area contributed by atoms with E-state index >= 15 is 0 Å². The van der Waals surface area contributed by atoms with Gasteiger partial charge in [-0.05, 0) is 99.3 Å². The topological polar surface area (TPSA) is 29.5 Å². The SMILES string of the molecule is c1cc(-c2cccc3ccccc23)cc(N(c2ccc(-c3ccc4oc5ccccc5c4c3)cc2)c2ccccc2-c2cccc3oc4ccccc4c23)c1. The fourth-order valence-electron chi connectivity index (χ4n) is 8.32. The number of hydrogen-bond acceptors (Lipinski definition) is 3. The minimum absolute atomic E-state index is 0.879. The van der Waals surface area contributed by atoms with Crippen LogP contribution in [0.4, 0.5) is 17.1 Å². The summed E-state index contributed by atoms with van der Waals surface area (Å²) in [5.41, 5.74) is 13.7. The van der Waals surface area contributed by atoms with Gasteiger partial charge < -0.3 is 13.7 Å². The molecule has 55 heavy (non-hydrogen) atoms. The molecule has 0 amide bonds. The van der Waals surface area contributed by atoms with E-state index in [1.54, 1.807) is 0 Å². The third-order valence-electron chi connectivity index (χ3n) is 10.9. The second-order valence-corrected chi connectivity index (χ2v) is 14.1. The lowest BCUT2D eigenvalue weighted by atomic mass is 9.95. The van der Waals surface area contributed by atoms with Gasteiger partial charge in [-0.3, -0.25) is 0 Å². The van der Waals surface area contributed by atoms with Crippen LogP contribution < -0.4 is 4.90 Å². The van der Waals surface area contributed by atoms with Gasteiger partial charge in [-0.15, -0.1) is 0 Å². The zero-order chi connectivity index (χ0) is 36.3. The summed E-state index contributed by atoms with van der Waals surface area (Å²) in [6, 6.07) is 71.1. The highest BCUT2D eigenvalue weighted by Crippen LogP contribution is 2.46. The number of para-hydroxylation sites is 3. The number of benzene rings is 9. The number of hydrogen-bond donors (Lipinski definition) is 0. The van der Waals surface area contributed by atoms with E-state index in [0.29, 0.717) is 0 Å². The van der Waals surface area contributed by atoms with Gasteiger partial charge in [0.25, 0.3) is 0 Å². The minimum Gasteiger partial charge on any atom is -0.456 e. The first-order chi connectivity index (χ1) is 27.3. The summed E-state index contributed by atoms with van der Waals surface area (Å²) in [7, 11) is 0. The van der Waals surface area contributed by atoms with Crippen LogP contribution in [0.2, 0.25) is 0 Å². The van der Waals surface area contributed by atoms with Crippen molar-refractivity contribution in [3.63, 3.8) is 0 Å². The predicted octanol–water partition coefficient (Wildman–Crippen LogP) is 15.1. The Bertz CT molecular complexity index is 3220. The van der Waals surface area contributed by atoms with Crippen LogP contribution in [0.5, 0.6) is 0 Å². The molecule has 0 aliphatic carbocycles. The van der Waals surface area contributed by atoms with E-state index in [9.17, 15) is 0 Å². The Kier molecular flexibility index (Phi) is 7.17. The molecule has 11 rings (SSSR count). The Balaban J connectivity index is 1.10. The Morgan fingerprint density at radius 1 is 0.309 bits per heavy atom. The van der Waals surface area contributed by atoms with Gasteiger partial charge in [0.15, 0.2) is 0 Å². The van der Waals surface area contributed by atoms with Gasteiger partial charge in [0.2, 0.25) is 0 Å². The lowest BCUT2D eigenvalue weighted by Crippen LogP contribution is -2.11. The summed E-state index contributed by atoms with van der Waals surface area (Å²) >= 11 is 0. The number of fused-ring (bicyclic) bond motifs is 7. The summed E-state index contributed by atoms with van der Waals surface area (Å²) in [5.74, 6) is 0. The molecule has 0 radical (unpaired) electrons. The molecule has 2 heterocycles. The van der Waals surface area contributed by atoms with Crippen molar-refractivity contribution in [2.45, 2.75) is 0 Å². The first-order valence-corrected chi connectivity index (χ1v) is 18.7. The third-order valence-corrected chi connectivity index (χ3v) is 10.9. The first-order valence-electron chi connectivity index (χ1n) is 18.7. The Morgan fingerprint density at radius 3 is 1.80 bits per heavy atom. The molecular formula is C52H33NO2. The summed E-state index contributed by atoms with van der Waals surface area (Å²) in [6.07, 6.45) is 0. The van der Waals surface area contributed by atoms with Gasteiger partial charge in [0.1, 0.15) is 22.3 Å². The summed E-state index contributed by atoms with van der Waals surface area (Å²) in [5, 5.41) is 6.94. The molecule has 0 saturated heterocycles. The monoisotopic (exact) mass is 703 g/mol. The normalized spacial score (nSPS) is 11.6. The smallest absolute Gasteiger partial charge is 0.136 e. The van der Waals surface area contributed by atoms with Gasteiger partial charge in [0, 0.05) is 38.5 Å². The Morgan fingerprint density at radius 2 is 0.909 bits per heavy atom. The van der Waals surface area contributed by atoms with Crippen molar-refractivity contribution >= 4 is 71.7 Å². The zero-order valence-corrected chi connectivity index (χ0v) is 29.8. The van der Waals surface area contributed by atoms with Crippen LogP contribution >= 0.6 is 0 Å².